The van der Waals surface area contributed by atoms with E-state index in [0.717, 1.165) is 6.26 Å². The molecular weight excluding hydrogens is 196 g/mol. The fourth-order valence-electron chi connectivity index (χ4n) is 1.21. The van der Waals surface area contributed by atoms with Gasteiger partial charge in [-0.1, -0.05) is 13.8 Å². The van der Waals surface area contributed by atoms with E-state index in [1.54, 1.807) is 0 Å². The number of hydrogen-bond donors (Lipinski definition) is 1. The monoisotopic (exact) mass is 210 g/mol. The molecule has 82 valence electrons. The highest BCUT2D eigenvalue weighted by Gasteiger charge is 2.16. The van der Waals surface area contributed by atoms with Crippen molar-refractivity contribution in [3.8, 4) is 5.75 Å². The van der Waals surface area contributed by atoms with Crippen molar-refractivity contribution in [1.29, 1.82) is 0 Å². The van der Waals surface area contributed by atoms with Crippen LogP contribution in [-0.4, -0.2) is 10.9 Å². The van der Waals surface area contributed by atoms with Crippen molar-refractivity contribution in [2.45, 2.75) is 26.7 Å². The summed E-state index contributed by atoms with van der Waals surface area (Å²) in [5.41, 5.74) is -1.01. The molecule has 0 amide bonds. The van der Waals surface area contributed by atoms with Crippen LogP contribution in [0.4, 0.5) is 0 Å². The Morgan fingerprint density at radius 3 is 2.73 bits per heavy atom. The van der Waals surface area contributed by atoms with E-state index in [1.165, 1.54) is 6.07 Å². The van der Waals surface area contributed by atoms with Gasteiger partial charge >= 0.3 is 5.63 Å². The van der Waals surface area contributed by atoms with Gasteiger partial charge in [0, 0.05) is 12.5 Å². The molecule has 15 heavy (non-hydrogen) atoms. The molecule has 0 aromatic carbocycles. The van der Waals surface area contributed by atoms with Crippen molar-refractivity contribution in [3.63, 3.8) is 0 Å². The molecule has 0 aliphatic rings. The van der Waals surface area contributed by atoms with Crippen LogP contribution in [0.1, 0.15) is 37.0 Å². The Kier molecular flexibility index (Phi) is 3.66. The van der Waals surface area contributed by atoms with Gasteiger partial charge in [-0.15, -0.1) is 0 Å². The van der Waals surface area contributed by atoms with E-state index in [1.807, 2.05) is 13.8 Å². The molecule has 1 N–H and O–H groups in total. The van der Waals surface area contributed by atoms with Gasteiger partial charge in [-0.3, -0.25) is 4.79 Å². The summed E-state index contributed by atoms with van der Waals surface area (Å²) in [7, 11) is 0. The van der Waals surface area contributed by atoms with Crippen LogP contribution in [-0.2, 0) is 0 Å². The summed E-state index contributed by atoms with van der Waals surface area (Å²) in [4.78, 5) is 22.7. The number of Topliss-reactive ketones (excluding diaryl/α,β-unsaturated/α-hetero) is 1. The van der Waals surface area contributed by atoms with Gasteiger partial charge in [0.15, 0.2) is 5.78 Å². The van der Waals surface area contributed by atoms with E-state index in [9.17, 15) is 14.7 Å². The highest BCUT2D eigenvalue weighted by molar-refractivity contribution is 5.97. The molecule has 1 rings (SSSR count). The predicted molar refractivity (Wildman–Crippen MR) is 55.0 cm³/mol. The normalized spacial score (nSPS) is 10.6. The van der Waals surface area contributed by atoms with Crippen molar-refractivity contribution in [2.75, 3.05) is 0 Å². The lowest BCUT2D eigenvalue weighted by Crippen LogP contribution is -2.14. The standard InChI is InChI=1S/C11H14O4/c1-7(2)3-4-8(12)10-9(13)5-6-15-11(10)14/h5-7,13H,3-4H2,1-2H3. The van der Waals surface area contributed by atoms with E-state index in [2.05, 4.69) is 4.42 Å². The van der Waals surface area contributed by atoms with Crippen LogP contribution in [0.3, 0.4) is 0 Å². The Morgan fingerprint density at radius 2 is 2.20 bits per heavy atom. The van der Waals surface area contributed by atoms with E-state index >= 15 is 0 Å². The minimum atomic E-state index is -0.774. The quantitative estimate of drug-likeness (QED) is 0.771. The summed E-state index contributed by atoms with van der Waals surface area (Å²) >= 11 is 0. The van der Waals surface area contributed by atoms with E-state index in [0.29, 0.717) is 12.3 Å². The second kappa shape index (κ2) is 4.77. The SMILES string of the molecule is CC(C)CCC(=O)c1c(O)ccoc1=O. The lowest BCUT2D eigenvalue weighted by atomic mass is 10.0. The van der Waals surface area contributed by atoms with E-state index in [-0.39, 0.29) is 23.5 Å². The smallest absolute Gasteiger partial charge is 0.350 e. The van der Waals surface area contributed by atoms with Crippen LogP contribution in [0, 0.1) is 5.92 Å². The topological polar surface area (TPSA) is 67.5 Å². The molecule has 4 heteroatoms. The second-order valence-corrected chi connectivity index (χ2v) is 3.82. The van der Waals surface area contributed by atoms with Crippen LogP contribution < -0.4 is 5.63 Å². The zero-order valence-electron chi connectivity index (χ0n) is 8.82. The minimum absolute atomic E-state index is 0.238. The summed E-state index contributed by atoms with van der Waals surface area (Å²) in [6.45, 7) is 3.97. The Hall–Kier alpha value is -1.58. The molecule has 1 heterocycles. The van der Waals surface area contributed by atoms with Crippen molar-refractivity contribution < 1.29 is 14.3 Å². The van der Waals surface area contributed by atoms with Gasteiger partial charge in [0.1, 0.15) is 11.3 Å². The predicted octanol–water partition coefficient (Wildman–Crippen LogP) is 1.96. The van der Waals surface area contributed by atoms with Crippen LogP contribution in [0.5, 0.6) is 5.75 Å². The van der Waals surface area contributed by atoms with Gasteiger partial charge in [0.2, 0.25) is 0 Å². The molecule has 0 aliphatic carbocycles. The summed E-state index contributed by atoms with van der Waals surface area (Å²) in [6.07, 6.45) is 2.00. The largest absolute Gasteiger partial charge is 0.507 e. The van der Waals surface area contributed by atoms with Gasteiger partial charge in [-0.05, 0) is 12.3 Å². The van der Waals surface area contributed by atoms with Crippen molar-refractivity contribution in [3.05, 3.63) is 28.3 Å². The minimum Gasteiger partial charge on any atom is -0.507 e. The number of carbonyl (C=O) groups excluding carboxylic acids is 1. The summed E-state index contributed by atoms with van der Waals surface area (Å²) < 4.78 is 4.53. The number of aromatic hydroxyl groups is 1. The summed E-state index contributed by atoms with van der Waals surface area (Å²) in [6, 6.07) is 1.20. The maximum Gasteiger partial charge on any atom is 0.350 e. The van der Waals surface area contributed by atoms with Crippen molar-refractivity contribution in [2.24, 2.45) is 5.92 Å². The van der Waals surface area contributed by atoms with Crippen molar-refractivity contribution in [1.82, 2.24) is 0 Å². The molecule has 0 aliphatic heterocycles. The Morgan fingerprint density at radius 1 is 1.53 bits per heavy atom. The first kappa shape index (κ1) is 11.5. The zero-order valence-corrected chi connectivity index (χ0v) is 8.82. The molecule has 0 saturated carbocycles. The number of hydrogen-bond acceptors (Lipinski definition) is 4. The Balaban J connectivity index is 2.87. The molecule has 0 bridgehead atoms. The van der Waals surface area contributed by atoms with Gasteiger partial charge in [0.25, 0.3) is 0 Å². The summed E-state index contributed by atoms with van der Waals surface area (Å²) in [5.74, 6) is -0.289. The lowest BCUT2D eigenvalue weighted by molar-refractivity contribution is 0.0968. The third-order valence-electron chi connectivity index (χ3n) is 2.09. The summed E-state index contributed by atoms with van der Waals surface area (Å²) in [5, 5.41) is 9.35. The Bertz CT molecular complexity index is 403. The van der Waals surface area contributed by atoms with E-state index < -0.39 is 5.63 Å². The molecule has 0 atom stereocenters. The average molecular weight is 210 g/mol. The molecule has 0 spiro atoms. The molecular formula is C11H14O4. The van der Waals surface area contributed by atoms with Gasteiger partial charge in [-0.25, -0.2) is 4.79 Å². The van der Waals surface area contributed by atoms with Gasteiger partial charge in [-0.2, -0.15) is 0 Å². The molecule has 0 radical (unpaired) electrons. The first-order chi connectivity index (χ1) is 7.02. The Labute approximate surface area is 87.5 Å². The lowest BCUT2D eigenvalue weighted by Gasteiger charge is -2.03. The van der Waals surface area contributed by atoms with Crippen LogP contribution in [0.2, 0.25) is 0 Å². The number of ketones is 1. The number of carbonyl (C=O) groups is 1. The average Bonchev–Trinajstić information content (AvgIpc) is 2.14. The van der Waals surface area contributed by atoms with Crippen molar-refractivity contribution >= 4 is 5.78 Å². The molecule has 0 saturated heterocycles. The zero-order chi connectivity index (χ0) is 11.4. The molecule has 1 aromatic heterocycles. The third kappa shape index (κ3) is 2.94. The maximum atomic E-state index is 11.6. The molecule has 4 nitrogen and oxygen atoms in total. The van der Waals surface area contributed by atoms with Crippen LogP contribution >= 0.6 is 0 Å². The highest BCUT2D eigenvalue weighted by Crippen LogP contribution is 2.15. The molecule has 0 unspecified atom stereocenters. The molecule has 0 fully saturated rings. The number of rotatable bonds is 4. The van der Waals surface area contributed by atoms with E-state index in [4.69, 9.17) is 0 Å². The van der Waals surface area contributed by atoms with Gasteiger partial charge in [0.05, 0.1) is 6.26 Å². The fraction of sp³-hybridized carbons (Fsp3) is 0.455. The first-order valence-corrected chi connectivity index (χ1v) is 4.86. The van der Waals surface area contributed by atoms with Crippen LogP contribution in [0.15, 0.2) is 21.5 Å². The van der Waals surface area contributed by atoms with Gasteiger partial charge < -0.3 is 9.52 Å². The fourth-order valence-corrected chi connectivity index (χ4v) is 1.21. The maximum absolute atomic E-state index is 11.6. The highest BCUT2D eigenvalue weighted by atomic mass is 16.4. The first-order valence-electron chi connectivity index (χ1n) is 4.86. The third-order valence-corrected chi connectivity index (χ3v) is 2.09. The second-order valence-electron chi connectivity index (χ2n) is 3.82. The van der Waals surface area contributed by atoms with Crippen LogP contribution in [0.25, 0.3) is 0 Å². The molecule has 1 aromatic rings.